The van der Waals surface area contributed by atoms with Gasteiger partial charge in [-0.3, -0.25) is 4.57 Å². The van der Waals surface area contributed by atoms with E-state index in [2.05, 4.69) is 15.3 Å². The highest BCUT2D eigenvalue weighted by atomic mass is 19.1. The Bertz CT molecular complexity index is 1020. The van der Waals surface area contributed by atoms with Gasteiger partial charge in [-0.1, -0.05) is 0 Å². The van der Waals surface area contributed by atoms with Gasteiger partial charge in [0.1, 0.15) is 23.8 Å². The molecule has 1 atom stereocenters. The van der Waals surface area contributed by atoms with E-state index in [0.717, 1.165) is 0 Å². The van der Waals surface area contributed by atoms with Gasteiger partial charge in [-0.05, 0) is 32.9 Å². The van der Waals surface area contributed by atoms with Gasteiger partial charge in [0, 0.05) is 11.8 Å². The number of esters is 1. The molecule has 0 aliphatic carbocycles. The van der Waals surface area contributed by atoms with E-state index >= 15 is 0 Å². The van der Waals surface area contributed by atoms with Crippen LogP contribution in [0.25, 0.3) is 11.0 Å². The summed E-state index contributed by atoms with van der Waals surface area (Å²) in [6.45, 7) is 5.35. The molecule has 2 aromatic heterocycles. The van der Waals surface area contributed by atoms with E-state index in [-0.39, 0.29) is 11.9 Å². The maximum Gasteiger partial charge on any atom is 0.338 e. The summed E-state index contributed by atoms with van der Waals surface area (Å²) in [5, 5.41) is 3.11. The second kappa shape index (κ2) is 5.98. The molecule has 0 bridgehead atoms. The summed E-state index contributed by atoms with van der Waals surface area (Å²) >= 11 is 0. The predicted octanol–water partition coefficient (Wildman–Crippen LogP) is 3.40. The number of hydrogen-bond acceptors (Lipinski definition) is 6. The van der Waals surface area contributed by atoms with E-state index in [4.69, 9.17) is 9.15 Å². The second-order valence-corrected chi connectivity index (χ2v) is 6.37. The Hall–Kier alpha value is -3.16. The zero-order valence-corrected chi connectivity index (χ0v) is 14.5. The van der Waals surface area contributed by atoms with Crippen molar-refractivity contribution in [2.75, 3.05) is 5.32 Å². The van der Waals surface area contributed by atoms with Gasteiger partial charge in [-0.25, -0.2) is 19.2 Å². The summed E-state index contributed by atoms with van der Waals surface area (Å²) in [6.07, 6.45) is 2.51. The van der Waals surface area contributed by atoms with E-state index < -0.39 is 12.0 Å². The first-order valence-corrected chi connectivity index (χ1v) is 8.20. The number of nitrogens with one attached hydrogen (secondary N) is 1. The van der Waals surface area contributed by atoms with Crippen LogP contribution in [0.1, 0.15) is 32.5 Å². The van der Waals surface area contributed by atoms with E-state index in [1.54, 1.807) is 31.4 Å². The lowest BCUT2D eigenvalue weighted by Crippen LogP contribution is -2.30. The number of allylic oxidation sites excluding steroid dienone is 1. The van der Waals surface area contributed by atoms with Crippen molar-refractivity contribution in [1.82, 2.24) is 14.5 Å². The van der Waals surface area contributed by atoms with Crippen molar-refractivity contribution in [3.8, 4) is 0 Å². The van der Waals surface area contributed by atoms with Gasteiger partial charge in [0.05, 0.1) is 22.7 Å². The van der Waals surface area contributed by atoms with Crippen molar-refractivity contribution in [3.05, 3.63) is 53.6 Å². The van der Waals surface area contributed by atoms with Crippen LogP contribution in [0.3, 0.4) is 0 Å². The summed E-state index contributed by atoms with van der Waals surface area (Å²) in [4.78, 5) is 21.5. The Morgan fingerprint density at radius 1 is 1.42 bits per heavy atom. The molecule has 1 N–H and O–H groups in total. The molecule has 0 spiro atoms. The number of ether oxygens (including phenoxy) is 1. The topological polar surface area (TPSA) is 82.2 Å². The van der Waals surface area contributed by atoms with Crippen LogP contribution >= 0.6 is 0 Å². The normalized spacial score (nSPS) is 16.7. The van der Waals surface area contributed by atoms with Crippen molar-refractivity contribution < 1.29 is 18.3 Å². The summed E-state index contributed by atoms with van der Waals surface area (Å²) < 4.78 is 26.0. The molecule has 0 amide bonds. The Morgan fingerprint density at radius 3 is 2.92 bits per heavy atom. The van der Waals surface area contributed by atoms with Crippen LogP contribution in [0.4, 0.5) is 10.3 Å². The van der Waals surface area contributed by atoms with Crippen LogP contribution in [0.2, 0.25) is 0 Å². The van der Waals surface area contributed by atoms with Crippen LogP contribution in [0.15, 0.2) is 46.5 Å². The summed E-state index contributed by atoms with van der Waals surface area (Å²) in [7, 11) is 0. The third-order valence-corrected chi connectivity index (χ3v) is 4.18. The van der Waals surface area contributed by atoms with E-state index in [1.165, 1.54) is 24.8 Å². The highest BCUT2D eigenvalue weighted by molar-refractivity contribution is 5.94. The molecule has 7 nitrogen and oxygen atoms in total. The van der Waals surface area contributed by atoms with Crippen molar-refractivity contribution in [2.45, 2.75) is 32.9 Å². The van der Waals surface area contributed by atoms with Gasteiger partial charge < -0.3 is 14.5 Å². The van der Waals surface area contributed by atoms with E-state index in [9.17, 15) is 9.18 Å². The number of fused-ring (bicyclic) bond motifs is 3. The second-order valence-electron chi connectivity index (χ2n) is 6.37. The number of benzene rings is 1. The average molecular weight is 356 g/mol. The molecule has 0 saturated heterocycles. The van der Waals surface area contributed by atoms with Gasteiger partial charge in [0.15, 0.2) is 6.39 Å². The lowest BCUT2D eigenvalue weighted by Gasteiger charge is -2.28. The number of halogens is 1. The minimum atomic E-state index is -0.591. The molecule has 0 saturated carbocycles. The maximum absolute atomic E-state index is 13.6. The first-order valence-electron chi connectivity index (χ1n) is 8.20. The number of rotatable bonds is 3. The van der Waals surface area contributed by atoms with E-state index in [0.29, 0.717) is 33.9 Å². The molecule has 3 heterocycles. The monoisotopic (exact) mass is 356 g/mol. The Balaban J connectivity index is 1.94. The fourth-order valence-electron chi connectivity index (χ4n) is 3.17. The molecule has 4 rings (SSSR count). The van der Waals surface area contributed by atoms with Crippen LogP contribution in [0, 0.1) is 5.82 Å². The Kier molecular flexibility index (Phi) is 3.75. The zero-order chi connectivity index (χ0) is 18.4. The fraction of sp³-hybridized carbons (Fsp3) is 0.278. The van der Waals surface area contributed by atoms with Crippen LogP contribution in [-0.4, -0.2) is 26.6 Å². The molecule has 3 aromatic rings. The van der Waals surface area contributed by atoms with Crippen molar-refractivity contribution in [2.24, 2.45) is 0 Å². The number of anilines is 1. The van der Waals surface area contributed by atoms with Crippen molar-refractivity contribution >= 4 is 23.0 Å². The summed E-state index contributed by atoms with van der Waals surface area (Å²) in [5.41, 5.74) is 2.69. The molecule has 0 fully saturated rings. The number of carbonyl (C=O) groups excluding carboxylic acids is 1. The molecule has 1 aliphatic heterocycles. The molecule has 26 heavy (non-hydrogen) atoms. The smallest absolute Gasteiger partial charge is 0.338 e. The SMILES string of the molecule is CC1=C(C(=O)OC(C)C)C(c2cocn2)n2c(nc3cc(F)ccc32)N1. The number of oxazole rings is 1. The number of imidazole rings is 1. The molecular formula is C18H17FN4O3. The highest BCUT2D eigenvalue weighted by Gasteiger charge is 2.36. The molecule has 8 heteroatoms. The molecule has 1 aliphatic rings. The number of carbonyl (C=O) groups is 1. The third kappa shape index (κ3) is 2.54. The zero-order valence-electron chi connectivity index (χ0n) is 14.5. The first kappa shape index (κ1) is 16.3. The van der Waals surface area contributed by atoms with Crippen LogP contribution in [-0.2, 0) is 9.53 Å². The minimum Gasteiger partial charge on any atom is -0.459 e. The molecule has 1 aromatic carbocycles. The standard InChI is InChI=1S/C18H17FN4O3/c1-9(2)26-17(24)15-10(3)21-18-22-12-6-11(19)4-5-14(12)23(18)16(15)13-7-25-8-20-13/h4-9,16H,1-3H3,(H,21,22). The van der Waals surface area contributed by atoms with E-state index in [1.807, 2.05) is 0 Å². The minimum absolute atomic E-state index is 0.268. The quantitative estimate of drug-likeness (QED) is 0.724. The van der Waals surface area contributed by atoms with Crippen molar-refractivity contribution in [3.63, 3.8) is 0 Å². The average Bonchev–Trinajstić information content (AvgIpc) is 3.19. The largest absolute Gasteiger partial charge is 0.459 e. The van der Waals surface area contributed by atoms with Gasteiger partial charge in [0.2, 0.25) is 5.95 Å². The molecule has 134 valence electrons. The molecule has 0 radical (unpaired) electrons. The lowest BCUT2D eigenvalue weighted by molar-refractivity contribution is -0.143. The van der Waals surface area contributed by atoms with Gasteiger partial charge >= 0.3 is 5.97 Å². The number of hydrogen-bond donors (Lipinski definition) is 1. The van der Waals surface area contributed by atoms with Crippen LogP contribution < -0.4 is 5.32 Å². The highest BCUT2D eigenvalue weighted by Crippen LogP contribution is 2.39. The molecular weight excluding hydrogens is 339 g/mol. The Labute approximate surface area is 148 Å². The van der Waals surface area contributed by atoms with Gasteiger partial charge in [-0.2, -0.15) is 0 Å². The first-order chi connectivity index (χ1) is 12.5. The number of aromatic nitrogens is 3. The van der Waals surface area contributed by atoms with Crippen LogP contribution in [0.5, 0.6) is 0 Å². The maximum atomic E-state index is 13.6. The Morgan fingerprint density at radius 2 is 2.23 bits per heavy atom. The van der Waals surface area contributed by atoms with Gasteiger partial charge in [-0.15, -0.1) is 0 Å². The predicted molar refractivity (Wildman–Crippen MR) is 91.9 cm³/mol. The number of nitrogens with zero attached hydrogens (tertiary/aromatic N) is 3. The van der Waals surface area contributed by atoms with Crippen molar-refractivity contribution in [1.29, 1.82) is 0 Å². The summed E-state index contributed by atoms with van der Waals surface area (Å²) in [5.74, 6) is -0.333. The fourth-order valence-corrected chi connectivity index (χ4v) is 3.17. The lowest BCUT2D eigenvalue weighted by atomic mass is 10.00. The molecule has 1 unspecified atom stereocenters. The third-order valence-electron chi connectivity index (χ3n) is 4.18. The summed E-state index contributed by atoms with van der Waals surface area (Å²) in [6, 6.07) is 3.74. The van der Waals surface area contributed by atoms with Gasteiger partial charge in [0.25, 0.3) is 0 Å².